The summed E-state index contributed by atoms with van der Waals surface area (Å²) in [5.74, 6) is 0.809. The number of nitrogens with one attached hydrogen (secondary N) is 2. The van der Waals surface area contributed by atoms with Crippen molar-refractivity contribution in [2.45, 2.75) is 6.42 Å². The lowest BCUT2D eigenvalue weighted by atomic mass is 10.0. The minimum Gasteiger partial charge on any atom is -0.378 e. The molecule has 0 spiro atoms. The molecule has 0 saturated carbocycles. The van der Waals surface area contributed by atoms with Crippen molar-refractivity contribution in [1.82, 2.24) is 10.3 Å². The Hall–Kier alpha value is -2.44. The third-order valence-electron chi connectivity index (χ3n) is 4.25. The first-order chi connectivity index (χ1) is 12.3. The van der Waals surface area contributed by atoms with Crippen molar-refractivity contribution < 1.29 is 9.53 Å². The van der Waals surface area contributed by atoms with Gasteiger partial charge in [-0.3, -0.25) is 4.79 Å². The van der Waals surface area contributed by atoms with E-state index in [1.807, 2.05) is 43.4 Å². The first-order valence-corrected chi connectivity index (χ1v) is 8.60. The van der Waals surface area contributed by atoms with Gasteiger partial charge in [-0.2, -0.15) is 0 Å². The lowest BCUT2D eigenvalue weighted by Gasteiger charge is -2.27. The topological polar surface area (TPSA) is 66.5 Å². The summed E-state index contributed by atoms with van der Waals surface area (Å²) >= 11 is 0. The van der Waals surface area contributed by atoms with Gasteiger partial charge in [0, 0.05) is 18.7 Å². The van der Waals surface area contributed by atoms with Crippen LogP contribution in [0.2, 0.25) is 0 Å². The van der Waals surface area contributed by atoms with E-state index in [1.165, 1.54) is 0 Å². The normalized spacial score (nSPS) is 14.4. The second kappa shape index (κ2) is 8.60. The third-order valence-corrected chi connectivity index (χ3v) is 4.25. The highest BCUT2D eigenvalue weighted by molar-refractivity contribution is 6.05. The first kappa shape index (κ1) is 17.4. The molecule has 3 rings (SSSR count). The molecule has 1 aliphatic heterocycles. The van der Waals surface area contributed by atoms with Crippen LogP contribution >= 0.6 is 0 Å². The lowest BCUT2D eigenvalue weighted by molar-refractivity contribution is 0.102. The number of rotatable bonds is 6. The smallest absolute Gasteiger partial charge is 0.255 e. The molecule has 1 aliphatic rings. The number of hydrogen-bond acceptors (Lipinski definition) is 5. The minimum absolute atomic E-state index is 0.104. The molecule has 0 radical (unpaired) electrons. The molecule has 0 aliphatic carbocycles. The summed E-state index contributed by atoms with van der Waals surface area (Å²) in [6, 6.07) is 11.5. The number of amides is 1. The fourth-order valence-electron chi connectivity index (χ4n) is 2.86. The van der Waals surface area contributed by atoms with Gasteiger partial charge in [-0.15, -0.1) is 0 Å². The Balaban J connectivity index is 1.67. The largest absolute Gasteiger partial charge is 0.378 e. The van der Waals surface area contributed by atoms with Crippen LogP contribution < -0.4 is 15.5 Å². The van der Waals surface area contributed by atoms with Crippen molar-refractivity contribution in [2.24, 2.45) is 0 Å². The Labute approximate surface area is 148 Å². The van der Waals surface area contributed by atoms with Gasteiger partial charge >= 0.3 is 0 Å². The van der Waals surface area contributed by atoms with E-state index in [4.69, 9.17) is 4.74 Å². The molecule has 0 bridgehead atoms. The van der Waals surface area contributed by atoms with Crippen molar-refractivity contribution in [2.75, 3.05) is 50.1 Å². The van der Waals surface area contributed by atoms with Crippen LogP contribution in [0.1, 0.15) is 15.9 Å². The zero-order valence-corrected chi connectivity index (χ0v) is 14.5. The second-order valence-corrected chi connectivity index (χ2v) is 5.97. The fourth-order valence-corrected chi connectivity index (χ4v) is 2.86. The van der Waals surface area contributed by atoms with E-state index in [9.17, 15) is 4.79 Å². The first-order valence-electron chi connectivity index (χ1n) is 8.60. The summed E-state index contributed by atoms with van der Waals surface area (Å²) in [5.41, 5.74) is 2.44. The summed E-state index contributed by atoms with van der Waals surface area (Å²) in [6.07, 6.45) is 2.52. The van der Waals surface area contributed by atoms with E-state index in [0.29, 0.717) is 11.3 Å². The molecule has 25 heavy (non-hydrogen) atoms. The lowest BCUT2D eigenvalue weighted by Crippen LogP contribution is -2.36. The molecule has 132 valence electrons. The van der Waals surface area contributed by atoms with Crippen molar-refractivity contribution in [3.8, 4) is 0 Å². The monoisotopic (exact) mass is 340 g/mol. The summed E-state index contributed by atoms with van der Waals surface area (Å²) in [4.78, 5) is 19.2. The van der Waals surface area contributed by atoms with Gasteiger partial charge in [-0.05, 0) is 43.8 Å². The Bertz CT molecular complexity index is 697. The number of hydrogen-bond donors (Lipinski definition) is 2. The number of nitrogens with zero attached hydrogens (tertiary/aromatic N) is 2. The van der Waals surface area contributed by atoms with Gasteiger partial charge in [-0.1, -0.05) is 18.2 Å². The standard InChI is InChI=1S/C19H24N4O2/c1-20-9-8-15-4-2-3-5-17(15)19(24)22-16-6-7-18(21-14-16)23-10-12-25-13-11-23/h2-7,14,20H,8-13H2,1H3,(H,22,24). The average molecular weight is 340 g/mol. The number of morpholine rings is 1. The number of likely N-dealkylation sites (N-methyl/N-ethyl adjacent to an activating group) is 1. The molecule has 0 atom stereocenters. The van der Waals surface area contributed by atoms with Crippen LogP contribution in [0.15, 0.2) is 42.6 Å². The molecular weight excluding hydrogens is 316 g/mol. The van der Waals surface area contributed by atoms with E-state index >= 15 is 0 Å². The summed E-state index contributed by atoms with van der Waals surface area (Å²) in [7, 11) is 1.91. The zero-order valence-electron chi connectivity index (χ0n) is 14.5. The molecule has 1 saturated heterocycles. The average Bonchev–Trinajstić information content (AvgIpc) is 2.68. The number of ether oxygens (including phenoxy) is 1. The Morgan fingerprint density at radius 3 is 2.72 bits per heavy atom. The van der Waals surface area contributed by atoms with Gasteiger partial charge < -0.3 is 20.3 Å². The molecule has 1 fully saturated rings. The highest BCUT2D eigenvalue weighted by Gasteiger charge is 2.14. The van der Waals surface area contributed by atoms with Crippen LogP contribution in [-0.4, -0.2) is 50.8 Å². The van der Waals surface area contributed by atoms with E-state index in [2.05, 4.69) is 20.5 Å². The predicted octanol–water partition coefficient (Wildman–Crippen LogP) is 1.93. The molecule has 2 aromatic rings. The second-order valence-electron chi connectivity index (χ2n) is 5.97. The highest BCUT2D eigenvalue weighted by atomic mass is 16.5. The Kier molecular flexibility index (Phi) is 5.98. The molecule has 1 aromatic heterocycles. The van der Waals surface area contributed by atoms with Gasteiger partial charge in [-0.25, -0.2) is 4.98 Å². The zero-order chi connectivity index (χ0) is 17.5. The van der Waals surface area contributed by atoms with Crippen molar-refractivity contribution in [1.29, 1.82) is 0 Å². The van der Waals surface area contributed by atoms with Crippen LogP contribution in [-0.2, 0) is 11.2 Å². The van der Waals surface area contributed by atoms with Crippen LogP contribution in [0, 0.1) is 0 Å². The molecular formula is C19H24N4O2. The fraction of sp³-hybridized carbons (Fsp3) is 0.368. The Morgan fingerprint density at radius 1 is 1.20 bits per heavy atom. The maximum atomic E-state index is 12.6. The van der Waals surface area contributed by atoms with Crippen molar-refractivity contribution in [3.63, 3.8) is 0 Å². The van der Waals surface area contributed by atoms with Gasteiger partial charge in [0.1, 0.15) is 5.82 Å². The molecule has 6 nitrogen and oxygen atoms in total. The molecule has 1 amide bonds. The van der Waals surface area contributed by atoms with Crippen molar-refractivity contribution >= 4 is 17.4 Å². The Morgan fingerprint density at radius 2 is 2.00 bits per heavy atom. The SMILES string of the molecule is CNCCc1ccccc1C(=O)Nc1ccc(N2CCOCC2)nc1. The van der Waals surface area contributed by atoms with Gasteiger partial charge in [0.25, 0.3) is 5.91 Å². The van der Waals surface area contributed by atoms with Crippen LogP contribution in [0.3, 0.4) is 0 Å². The van der Waals surface area contributed by atoms with Crippen LogP contribution in [0.5, 0.6) is 0 Å². The van der Waals surface area contributed by atoms with Crippen molar-refractivity contribution in [3.05, 3.63) is 53.7 Å². The van der Waals surface area contributed by atoms with Crippen LogP contribution in [0.4, 0.5) is 11.5 Å². The number of pyridine rings is 1. The maximum Gasteiger partial charge on any atom is 0.255 e. The van der Waals surface area contributed by atoms with Gasteiger partial charge in [0.05, 0.1) is 25.1 Å². The van der Waals surface area contributed by atoms with Gasteiger partial charge in [0.2, 0.25) is 0 Å². The van der Waals surface area contributed by atoms with Gasteiger partial charge in [0.15, 0.2) is 0 Å². The van der Waals surface area contributed by atoms with E-state index in [-0.39, 0.29) is 5.91 Å². The summed E-state index contributed by atoms with van der Waals surface area (Å²) < 4.78 is 5.35. The highest BCUT2D eigenvalue weighted by Crippen LogP contribution is 2.17. The number of carbonyl (C=O) groups excluding carboxylic acids is 1. The quantitative estimate of drug-likeness (QED) is 0.841. The molecule has 2 heterocycles. The molecule has 6 heteroatoms. The molecule has 0 unspecified atom stereocenters. The van der Waals surface area contributed by atoms with E-state index in [1.54, 1.807) is 6.20 Å². The third kappa shape index (κ3) is 4.55. The predicted molar refractivity (Wildman–Crippen MR) is 99.3 cm³/mol. The summed E-state index contributed by atoms with van der Waals surface area (Å²) in [5, 5.41) is 6.05. The maximum absolute atomic E-state index is 12.6. The summed E-state index contributed by atoms with van der Waals surface area (Å²) in [6.45, 7) is 3.97. The number of benzene rings is 1. The molecule has 1 aromatic carbocycles. The number of aromatic nitrogens is 1. The molecule has 2 N–H and O–H groups in total. The van der Waals surface area contributed by atoms with Crippen LogP contribution in [0.25, 0.3) is 0 Å². The van der Waals surface area contributed by atoms with E-state index in [0.717, 1.165) is 50.7 Å². The minimum atomic E-state index is -0.104. The number of anilines is 2. The van der Waals surface area contributed by atoms with E-state index < -0.39 is 0 Å². The number of carbonyl (C=O) groups is 1.